The molecule has 0 unspecified atom stereocenters. The fourth-order valence-corrected chi connectivity index (χ4v) is 2.42. The van der Waals surface area contributed by atoms with E-state index in [-0.39, 0.29) is 13.2 Å². The van der Waals surface area contributed by atoms with Gasteiger partial charge in [-0.3, -0.25) is 4.79 Å². The maximum Gasteiger partial charge on any atom is 0.305 e. The van der Waals surface area contributed by atoms with Gasteiger partial charge in [0.05, 0.1) is 6.42 Å². The molecule has 0 aromatic heterocycles. The molecule has 1 heterocycles. The van der Waals surface area contributed by atoms with Crippen LogP contribution in [0.4, 0.5) is 5.69 Å². The minimum Gasteiger partial charge on any atom is -0.481 e. The number of fused-ring (bicyclic) bond motifs is 1. The molecule has 22 heavy (non-hydrogen) atoms. The van der Waals surface area contributed by atoms with Crippen LogP contribution in [0.2, 0.25) is 0 Å². The van der Waals surface area contributed by atoms with E-state index in [1.165, 1.54) is 0 Å². The number of aliphatic carboxylic acids is 1. The number of carbonyl (C=O) groups is 1. The summed E-state index contributed by atoms with van der Waals surface area (Å²) < 4.78 is 10.7. The first-order valence-corrected chi connectivity index (χ1v) is 7.13. The van der Waals surface area contributed by atoms with Gasteiger partial charge in [-0.1, -0.05) is 30.3 Å². The lowest BCUT2D eigenvalue weighted by Crippen LogP contribution is -2.25. The van der Waals surface area contributed by atoms with Crippen molar-refractivity contribution in [3.8, 4) is 11.5 Å². The molecule has 2 aromatic rings. The Bertz CT molecular complexity index is 657. The SMILES string of the molecule is O=C(O)CCN(Cc1ccccc1)c1ccc2c(c1)OCO2. The molecule has 0 saturated carbocycles. The number of nitrogens with zero attached hydrogens (tertiary/aromatic N) is 1. The van der Waals surface area contributed by atoms with Gasteiger partial charge in [-0.05, 0) is 17.7 Å². The third-order valence-corrected chi connectivity index (χ3v) is 3.53. The van der Waals surface area contributed by atoms with Crippen molar-refractivity contribution in [1.29, 1.82) is 0 Å². The van der Waals surface area contributed by atoms with Gasteiger partial charge in [-0.25, -0.2) is 0 Å². The van der Waals surface area contributed by atoms with Crippen molar-refractivity contribution in [2.45, 2.75) is 13.0 Å². The molecule has 2 aromatic carbocycles. The second-order valence-electron chi connectivity index (χ2n) is 5.09. The van der Waals surface area contributed by atoms with Gasteiger partial charge in [0, 0.05) is 24.8 Å². The highest BCUT2D eigenvalue weighted by atomic mass is 16.7. The molecule has 1 aliphatic rings. The summed E-state index contributed by atoms with van der Waals surface area (Å²) in [4.78, 5) is 12.9. The predicted molar refractivity (Wildman–Crippen MR) is 82.3 cm³/mol. The molecular formula is C17H17NO4. The fraction of sp³-hybridized carbons (Fsp3) is 0.235. The Morgan fingerprint density at radius 2 is 1.86 bits per heavy atom. The van der Waals surface area contributed by atoms with Gasteiger partial charge in [0.1, 0.15) is 0 Å². The molecule has 0 spiro atoms. The van der Waals surface area contributed by atoms with E-state index in [9.17, 15) is 4.79 Å². The van der Waals surface area contributed by atoms with Crippen molar-refractivity contribution < 1.29 is 19.4 Å². The number of ether oxygens (including phenoxy) is 2. The van der Waals surface area contributed by atoms with Crippen LogP contribution in [0.15, 0.2) is 48.5 Å². The first-order chi connectivity index (χ1) is 10.7. The van der Waals surface area contributed by atoms with Crippen LogP contribution in [0.1, 0.15) is 12.0 Å². The van der Waals surface area contributed by atoms with Gasteiger partial charge < -0.3 is 19.5 Å². The second kappa shape index (κ2) is 6.39. The van der Waals surface area contributed by atoms with E-state index < -0.39 is 5.97 Å². The van der Waals surface area contributed by atoms with Crippen LogP contribution in [-0.2, 0) is 11.3 Å². The molecule has 114 valence electrons. The van der Waals surface area contributed by atoms with E-state index in [1.807, 2.05) is 53.4 Å². The highest BCUT2D eigenvalue weighted by molar-refractivity contribution is 5.68. The molecule has 0 aliphatic carbocycles. The van der Waals surface area contributed by atoms with Crippen molar-refractivity contribution in [2.75, 3.05) is 18.2 Å². The van der Waals surface area contributed by atoms with Gasteiger partial charge in [0.15, 0.2) is 11.5 Å². The number of anilines is 1. The van der Waals surface area contributed by atoms with E-state index in [2.05, 4.69) is 0 Å². The first kappa shape index (κ1) is 14.3. The summed E-state index contributed by atoms with van der Waals surface area (Å²) in [7, 11) is 0. The van der Waals surface area contributed by atoms with Crippen LogP contribution >= 0.6 is 0 Å². The zero-order valence-corrected chi connectivity index (χ0v) is 12.1. The lowest BCUT2D eigenvalue weighted by atomic mass is 10.2. The van der Waals surface area contributed by atoms with Gasteiger partial charge in [-0.2, -0.15) is 0 Å². The Kier molecular flexibility index (Phi) is 4.14. The van der Waals surface area contributed by atoms with Gasteiger partial charge in [0.2, 0.25) is 6.79 Å². The lowest BCUT2D eigenvalue weighted by molar-refractivity contribution is -0.136. The number of carboxylic acids is 1. The van der Waals surface area contributed by atoms with Crippen LogP contribution in [0.25, 0.3) is 0 Å². The van der Waals surface area contributed by atoms with Crippen molar-refractivity contribution in [3.05, 3.63) is 54.1 Å². The summed E-state index contributed by atoms with van der Waals surface area (Å²) in [6.45, 7) is 1.31. The van der Waals surface area contributed by atoms with E-state index in [4.69, 9.17) is 14.6 Å². The fourth-order valence-electron chi connectivity index (χ4n) is 2.42. The molecule has 3 rings (SSSR count). The number of rotatable bonds is 6. The highest BCUT2D eigenvalue weighted by Gasteiger charge is 2.16. The minimum absolute atomic E-state index is 0.0846. The zero-order chi connectivity index (χ0) is 15.4. The summed E-state index contributed by atoms with van der Waals surface area (Å²) in [5.74, 6) is 0.617. The molecule has 0 fully saturated rings. The van der Waals surface area contributed by atoms with Crippen LogP contribution in [0, 0.1) is 0 Å². The number of hydrogen-bond donors (Lipinski definition) is 1. The summed E-state index contributed by atoms with van der Waals surface area (Å²) >= 11 is 0. The van der Waals surface area contributed by atoms with Gasteiger partial charge in [0.25, 0.3) is 0 Å². The maximum absolute atomic E-state index is 10.9. The highest BCUT2D eigenvalue weighted by Crippen LogP contribution is 2.35. The lowest BCUT2D eigenvalue weighted by Gasteiger charge is -2.24. The van der Waals surface area contributed by atoms with E-state index in [1.54, 1.807) is 0 Å². The second-order valence-corrected chi connectivity index (χ2v) is 5.09. The molecule has 5 heteroatoms. The molecule has 1 aliphatic heterocycles. The average molecular weight is 299 g/mol. The van der Waals surface area contributed by atoms with Gasteiger partial charge in [-0.15, -0.1) is 0 Å². The minimum atomic E-state index is -0.807. The van der Waals surface area contributed by atoms with Crippen LogP contribution < -0.4 is 14.4 Å². The summed E-state index contributed by atoms with van der Waals surface area (Å²) in [5, 5.41) is 8.96. The Morgan fingerprint density at radius 1 is 1.09 bits per heavy atom. The Morgan fingerprint density at radius 3 is 2.64 bits per heavy atom. The summed E-state index contributed by atoms with van der Waals surface area (Å²) in [6.07, 6.45) is 0.0846. The monoisotopic (exact) mass is 299 g/mol. The third-order valence-electron chi connectivity index (χ3n) is 3.53. The average Bonchev–Trinajstić information content (AvgIpc) is 2.99. The quantitative estimate of drug-likeness (QED) is 0.888. The normalized spacial score (nSPS) is 12.2. The smallest absolute Gasteiger partial charge is 0.305 e. The molecule has 0 amide bonds. The third kappa shape index (κ3) is 3.31. The van der Waals surface area contributed by atoms with E-state index in [0.29, 0.717) is 18.8 Å². The van der Waals surface area contributed by atoms with Crippen LogP contribution in [0.5, 0.6) is 11.5 Å². The van der Waals surface area contributed by atoms with Crippen LogP contribution in [-0.4, -0.2) is 24.4 Å². The van der Waals surface area contributed by atoms with Crippen molar-refractivity contribution in [2.24, 2.45) is 0 Å². The van der Waals surface area contributed by atoms with Crippen LogP contribution in [0.3, 0.4) is 0 Å². The maximum atomic E-state index is 10.9. The predicted octanol–water partition coefficient (Wildman–Crippen LogP) is 2.90. The number of benzene rings is 2. The molecule has 0 saturated heterocycles. The molecule has 0 bridgehead atoms. The summed E-state index contributed by atoms with van der Waals surface area (Å²) in [6, 6.07) is 15.7. The van der Waals surface area contributed by atoms with Crippen molar-refractivity contribution >= 4 is 11.7 Å². The summed E-state index contributed by atoms with van der Waals surface area (Å²) in [5.41, 5.74) is 2.06. The molecule has 0 radical (unpaired) electrons. The number of hydrogen-bond acceptors (Lipinski definition) is 4. The van der Waals surface area contributed by atoms with E-state index >= 15 is 0 Å². The van der Waals surface area contributed by atoms with E-state index in [0.717, 1.165) is 17.0 Å². The van der Waals surface area contributed by atoms with Gasteiger partial charge >= 0.3 is 5.97 Å². The van der Waals surface area contributed by atoms with Crippen molar-refractivity contribution in [1.82, 2.24) is 0 Å². The molecular weight excluding hydrogens is 282 g/mol. The molecule has 1 N–H and O–H groups in total. The Labute approximate surface area is 128 Å². The number of carboxylic acid groups (broad SMARTS) is 1. The topological polar surface area (TPSA) is 59.0 Å². The standard InChI is InChI=1S/C17H17NO4/c19-17(20)8-9-18(11-13-4-2-1-3-5-13)14-6-7-15-16(10-14)22-12-21-15/h1-7,10H,8-9,11-12H2,(H,19,20). The Hall–Kier alpha value is -2.69. The van der Waals surface area contributed by atoms with Crippen molar-refractivity contribution in [3.63, 3.8) is 0 Å². The zero-order valence-electron chi connectivity index (χ0n) is 12.1. The molecule has 0 atom stereocenters. The first-order valence-electron chi connectivity index (χ1n) is 7.13. The Balaban J connectivity index is 1.82. The largest absolute Gasteiger partial charge is 0.481 e. The molecule has 5 nitrogen and oxygen atoms in total.